The molecule has 0 aromatic heterocycles. The Hall–Kier alpha value is -3.07. The third-order valence-electron chi connectivity index (χ3n) is 5.75. The van der Waals surface area contributed by atoms with E-state index in [1.807, 2.05) is 37.3 Å². The van der Waals surface area contributed by atoms with Crippen molar-refractivity contribution in [2.45, 2.75) is 57.9 Å². The number of nitrogens with one attached hydrogen (secondary N) is 1. The molecule has 2 amide bonds. The number of anilines is 3. The first-order valence-corrected chi connectivity index (χ1v) is 12.7. The molecule has 4 rings (SSSR count). The van der Waals surface area contributed by atoms with E-state index in [-0.39, 0.29) is 23.3 Å². The molecule has 1 saturated carbocycles. The summed E-state index contributed by atoms with van der Waals surface area (Å²) < 4.78 is 32.4. The van der Waals surface area contributed by atoms with Gasteiger partial charge in [0.1, 0.15) is 0 Å². The second kappa shape index (κ2) is 8.70. The zero-order valence-electron chi connectivity index (χ0n) is 19.2. The van der Waals surface area contributed by atoms with E-state index in [9.17, 15) is 18.0 Å². The number of nitrogens with zero attached hydrogens (tertiary/aromatic N) is 2. The number of amides is 2. The molecule has 0 radical (unpaired) electrons. The van der Waals surface area contributed by atoms with Crippen LogP contribution in [0.1, 0.15) is 40.5 Å². The number of carbonyl (C=O) groups excluding carboxylic acids is 2. The molecule has 1 fully saturated rings. The van der Waals surface area contributed by atoms with Crippen LogP contribution < -0.4 is 14.5 Å². The average Bonchev–Trinajstić information content (AvgIpc) is 3.58. The summed E-state index contributed by atoms with van der Waals surface area (Å²) in [5.41, 5.74) is 3.47. The number of rotatable bonds is 5. The Morgan fingerprint density at radius 2 is 1.67 bits per heavy atom. The number of ether oxygens (including phenoxy) is 1. The zero-order chi connectivity index (χ0) is 23.9. The average molecular weight is 472 g/mol. The zero-order valence-corrected chi connectivity index (χ0v) is 20.1. The lowest BCUT2D eigenvalue weighted by Gasteiger charge is -2.40. The first-order valence-electron chi connectivity index (χ1n) is 11.1. The third kappa shape index (κ3) is 4.83. The van der Waals surface area contributed by atoms with Gasteiger partial charge in [0.15, 0.2) is 0 Å². The van der Waals surface area contributed by atoms with Gasteiger partial charge in [-0.15, -0.1) is 0 Å². The second-order valence-corrected chi connectivity index (χ2v) is 10.9. The molecule has 0 saturated heterocycles. The topological polar surface area (TPSA) is 96.0 Å². The molecular formula is C24H29N3O5S. The maximum absolute atomic E-state index is 12.8. The number of hydrogen-bond donors (Lipinski definition) is 1. The van der Waals surface area contributed by atoms with Gasteiger partial charge in [0.05, 0.1) is 28.8 Å². The number of hydrogen-bond acceptors (Lipinski definition) is 5. The summed E-state index contributed by atoms with van der Waals surface area (Å²) >= 11 is 0. The van der Waals surface area contributed by atoms with Crippen molar-refractivity contribution < 1.29 is 22.7 Å². The highest BCUT2D eigenvalue weighted by Crippen LogP contribution is 2.39. The van der Waals surface area contributed by atoms with Crippen LogP contribution in [0.25, 0.3) is 11.1 Å². The molecule has 8 nitrogen and oxygen atoms in total. The molecule has 9 heteroatoms. The fourth-order valence-corrected chi connectivity index (χ4v) is 5.47. The van der Waals surface area contributed by atoms with Crippen molar-refractivity contribution >= 4 is 39.1 Å². The van der Waals surface area contributed by atoms with Gasteiger partial charge in [-0.2, -0.15) is 0 Å². The maximum Gasteiger partial charge on any atom is 0.414 e. The Kier molecular flexibility index (Phi) is 6.09. The molecule has 2 aromatic rings. The van der Waals surface area contributed by atoms with Crippen LogP contribution in [0.5, 0.6) is 0 Å². The van der Waals surface area contributed by atoms with Crippen LogP contribution in [-0.2, 0) is 19.6 Å². The lowest BCUT2D eigenvalue weighted by molar-refractivity contribution is -0.117. The molecule has 2 aliphatic rings. The second-order valence-electron chi connectivity index (χ2n) is 8.91. The van der Waals surface area contributed by atoms with Crippen LogP contribution in [0.3, 0.4) is 0 Å². The molecule has 1 heterocycles. The largest absolute Gasteiger partial charge is 0.446 e. The van der Waals surface area contributed by atoms with E-state index in [0.717, 1.165) is 11.1 Å². The number of sulfonamides is 1. The highest BCUT2D eigenvalue weighted by atomic mass is 32.2. The monoisotopic (exact) mass is 471 g/mol. The molecule has 1 atom stereocenters. The Balaban J connectivity index is 1.67. The van der Waals surface area contributed by atoms with Crippen LogP contribution in [0.15, 0.2) is 42.5 Å². The van der Waals surface area contributed by atoms with Gasteiger partial charge >= 0.3 is 6.09 Å². The van der Waals surface area contributed by atoms with E-state index >= 15 is 0 Å². The predicted molar refractivity (Wildman–Crippen MR) is 129 cm³/mol. The van der Waals surface area contributed by atoms with Gasteiger partial charge in [-0.1, -0.05) is 18.2 Å². The summed E-state index contributed by atoms with van der Waals surface area (Å²) in [5.74, 6) is -0.0966. The predicted octanol–water partition coefficient (Wildman–Crippen LogP) is 4.36. The normalized spacial score (nSPS) is 18.2. The van der Waals surface area contributed by atoms with Crippen molar-refractivity contribution in [2.75, 3.05) is 21.1 Å². The molecular weight excluding hydrogens is 442 g/mol. The Labute approximate surface area is 194 Å². The van der Waals surface area contributed by atoms with Crippen LogP contribution in [0.4, 0.5) is 21.9 Å². The van der Waals surface area contributed by atoms with Crippen LogP contribution in [-0.4, -0.2) is 44.4 Å². The van der Waals surface area contributed by atoms with Crippen molar-refractivity contribution in [3.05, 3.63) is 42.5 Å². The minimum Gasteiger partial charge on any atom is -0.446 e. The quantitative estimate of drug-likeness (QED) is 0.699. The van der Waals surface area contributed by atoms with Gasteiger partial charge in [0.25, 0.3) is 0 Å². The van der Waals surface area contributed by atoms with Gasteiger partial charge in [0, 0.05) is 19.2 Å². The standard InChI is InChI=1S/C24H29N3O5S/c1-15(2)32-24(29)26-14-16(3)27(17(4)28)22-12-7-19(13-23(22)26)18-5-8-20(9-6-18)25-33(30,31)21-10-11-21/h5-9,12-13,15-16,21,25H,10-11,14H2,1-4H3/t16-/m0/s1. The van der Waals surface area contributed by atoms with E-state index in [1.54, 1.807) is 35.8 Å². The van der Waals surface area contributed by atoms with E-state index in [4.69, 9.17) is 4.74 Å². The number of benzene rings is 2. The third-order valence-corrected chi connectivity index (χ3v) is 7.62. The molecule has 0 bridgehead atoms. The van der Waals surface area contributed by atoms with Gasteiger partial charge in [0.2, 0.25) is 15.9 Å². The lowest BCUT2D eigenvalue weighted by Crippen LogP contribution is -2.51. The van der Waals surface area contributed by atoms with Crippen LogP contribution in [0.2, 0.25) is 0 Å². The van der Waals surface area contributed by atoms with Crippen molar-refractivity contribution in [3.63, 3.8) is 0 Å². The highest BCUT2D eigenvalue weighted by Gasteiger charge is 2.36. The lowest BCUT2D eigenvalue weighted by atomic mass is 10.0. The smallest absolute Gasteiger partial charge is 0.414 e. The molecule has 2 aromatic carbocycles. The summed E-state index contributed by atoms with van der Waals surface area (Å²) in [6.07, 6.45) is 0.683. The summed E-state index contributed by atoms with van der Waals surface area (Å²) in [7, 11) is -3.32. The first kappa shape index (κ1) is 23.1. The number of fused-ring (bicyclic) bond motifs is 1. The van der Waals surface area contributed by atoms with Crippen LogP contribution >= 0.6 is 0 Å². The molecule has 1 aliphatic heterocycles. The molecule has 1 aliphatic carbocycles. The van der Waals surface area contributed by atoms with Crippen LogP contribution in [0, 0.1) is 0 Å². The highest BCUT2D eigenvalue weighted by molar-refractivity contribution is 7.93. The van der Waals surface area contributed by atoms with Gasteiger partial charge < -0.3 is 9.64 Å². The molecule has 0 unspecified atom stereocenters. The van der Waals surface area contributed by atoms with E-state index in [1.165, 1.54) is 6.92 Å². The van der Waals surface area contributed by atoms with E-state index < -0.39 is 16.1 Å². The SMILES string of the molecule is CC(=O)N1c2ccc(-c3ccc(NS(=O)(=O)C4CC4)cc3)cc2N(C(=O)OC(C)C)C[C@@H]1C. The molecule has 33 heavy (non-hydrogen) atoms. The van der Waals surface area contributed by atoms with Gasteiger partial charge in [-0.05, 0) is 69.0 Å². The molecule has 1 N–H and O–H groups in total. The first-order chi connectivity index (χ1) is 15.6. The van der Waals surface area contributed by atoms with Crippen molar-refractivity contribution in [1.82, 2.24) is 0 Å². The van der Waals surface area contributed by atoms with Crippen molar-refractivity contribution in [3.8, 4) is 11.1 Å². The summed E-state index contributed by atoms with van der Waals surface area (Å²) in [4.78, 5) is 28.4. The van der Waals surface area contributed by atoms with Crippen molar-refractivity contribution in [1.29, 1.82) is 0 Å². The Morgan fingerprint density at radius 3 is 2.24 bits per heavy atom. The Bertz CT molecular complexity index is 1170. The van der Waals surface area contributed by atoms with Gasteiger partial charge in [-0.25, -0.2) is 13.2 Å². The molecule has 0 spiro atoms. The van der Waals surface area contributed by atoms with Gasteiger partial charge in [-0.3, -0.25) is 14.4 Å². The maximum atomic E-state index is 12.8. The number of carbonyl (C=O) groups is 2. The summed E-state index contributed by atoms with van der Waals surface area (Å²) in [5, 5.41) is -0.291. The van der Waals surface area contributed by atoms with E-state index in [2.05, 4.69) is 4.72 Å². The molecule has 176 valence electrons. The minimum absolute atomic E-state index is 0.0966. The Morgan fingerprint density at radius 1 is 1.03 bits per heavy atom. The summed E-state index contributed by atoms with van der Waals surface area (Å²) in [6, 6.07) is 12.5. The fourth-order valence-electron chi connectivity index (χ4n) is 4.08. The van der Waals surface area contributed by atoms with E-state index in [0.29, 0.717) is 36.4 Å². The fraction of sp³-hybridized carbons (Fsp3) is 0.417. The minimum atomic E-state index is -3.32. The van der Waals surface area contributed by atoms with Crippen molar-refractivity contribution in [2.24, 2.45) is 0 Å². The summed E-state index contributed by atoms with van der Waals surface area (Å²) in [6.45, 7) is 7.32.